The minimum Gasteiger partial charge on any atom is -0.310 e. The second kappa shape index (κ2) is 8.16. The Morgan fingerprint density at radius 2 is 2.15 bits per heavy atom. The van der Waals surface area contributed by atoms with Crippen LogP contribution in [0.15, 0.2) is 28.7 Å². The number of nitrogens with one attached hydrogen (secondary N) is 1. The number of rotatable bonds is 6. The first-order valence-electron chi connectivity index (χ1n) is 7.90. The van der Waals surface area contributed by atoms with Gasteiger partial charge in [-0.15, -0.1) is 0 Å². The van der Waals surface area contributed by atoms with Crippen LogP contribution in [0, 0.1) is 0 Å². The molecule has 0 radical (unpaired) electrons. The molecule has 2 rings (SSSR count). The van der Waals surface area contributed by atoms with Crippen molar-refractivity contribution in [3.63, 3.8) is 0 Å². The molecule has 1 fully saturated rings. The van der Waals surface area contributed by atoms with Crippen LogP contribution in [0.25, 0.3) is 0 Å². The molecule has 2 atom stereocenters. The van der Waals surface area contributed by atoms with E-state index in [4.69, 9.17) is 0 Å². The van der Waals surface area contributed by atoms with Gasteiger partial charge in [-0.3, -0.25) is 0 Å². The Balaban J connectivity index is 1.69. The summed E-state index contributed by atoms with van der Waals surface area (Å²) in [6.07, 6.45) is 5.40. The van der Waals surface area contributed by atoms with Crippen molar-refractivity contribution in [3.8, 4) is 0 Å². The fourth-order valence-corrected chi connectivity index (χ4v) is 3.65. The van der Waals surface area contributed by atoms with Gasteiger partial charge in [-0.1, -0.05) is 40.5 Å². The molecule has 0 aliphatic carbocycles. The SMILES string of the molecule is CC(NCCCN1CCCCC1C)c1ccccc1Br. The quantitative estimate of drug-likeness (QED) is 0.775. The summed E-state index contributed by atoms with van der Waals surface area (Å²) in [6.45, 7) is 8.23. The van der Waals surface area contributed by atoms with Gasteiger partial charge in [0.2, 0.25) is 0 Å². The van der Waals surface area contributed by atoms with E-state index < -0.39 is 0 Å². The van der Waals surface area contributed by atoms with Gasteiger partial charge in [-0.05, 0) is 64.4 Å². The standard InChI is InChI=1S/C17H27BrN2/c1-14-8-5-6-12-20(14)13-7-11-19-15(2)16-9-3-4-10-17(16)18/h3-4,9-10,14-15,19H,5-8,11-13H2,1-2H3. The van der Waals surface area contributed by atoms with Crippen LogP contribution < -0.4 is 5.32 Å². The number of hydrogen-bond donors (Lipinski definition) is 1. The Bertz CT molecular complexity index is 408. The Kier molecular flexibility index (Phi) is 6.53. The highest BCUT2D eigenvalue weighted by Gasteiger charge is 2.17. The summed E-state index contributed by atoms with van der Waals surface area (Å²) in [5.74, 6) is 0. The van der Waals surface area contributed by atoms with E-state index >= 15 is 0 Å². The zero-order chi connectivity index (χ0) is 14.4. The molecule has 112 valence electrons. The van der Waals surface area contributed by atoms with Crippen LogP contribution in [0.4, 0.5) is 0 Å². The van der Waals surface area contributed by atoms with Crippen LogP contribution in [0.3, 0.4) is 0 Å². The first kappa shape index (κ1) is 16.0. The monoisotopic (exact) mass is 338 g/mol. The lowest BCUT2D eigenvalue weighted by Gasteiger charge is -2.33. The lowest BCUT2D eigenvalue weighted by Crippen LogP contribution is -2.39. The summed E-state index contributed by atoms with van der Waals surface area (Å²) in [4.78, 5) is 2.65. The molecule has 1 heterocycles. The van der Waals surface area contributed by atoms with Crippen molar-refractivity contribution < 1.29 is 0 Å². The summed E-state index contributed by atoms with van der Waals surface area (Å²) in [7, 11) is 0. The third-order valence-electron chi connectivity index (χ3n) is 4.38. The van der Waals surface area contributed by atoms with Gasteiger partial charge in [0.25, 0.3) is 0 Å². The van der Waals surface area contributed by atoms with Crippen molar-refractivity contribution in [1.29, 1.82) is 0 Å². The Morgan fingerprint density at radius 1 is 1.35 bits per heavy atom. The number of hydrogen-bond acceptors (Lipinski definition) is 2. The topological polar surface area (TPSA) is 15.3 Å². The molecule has 3 heteroatoms. The van der Waals surface area contributed by atoms with Gasteiger partial charge < -0.3 is 10.2 Å². The minimum atomic E-state index is 0.407. The van der Waals surface area contributed by atoms with Crippen molar-refractivity contribution in [1.82, 2.24) is 10.2 Å². The maximum absolute atomic E-state index is 3.64. The summed E-state index contributed by atoms with van der Waals surface area (Å²) in [5, 5.41) is 3.64. The Labute approximate surface area is 132 Å². The van der Waals surface area contributed by atoms with Gasteiger partial charge in [0.05, 0.1) is 0 Å². The van der Waals surface area contributed by atoms with E-state index in [1.165, 1.54) is 48.8 Å². The summed E-state index contributed by atoms with van der Waals surface area (Å²) in [5.41, 5.74) is 1.35. The summed E-state index contributed by atoms with van der Waals surface area (Å²) < 4.78 is 1.20. The molecule has 1 aliphatic rings. The smallest absolute Gasteiger partial charge is 0.0302 e. The van der Waals surface area contributed by atoms with Gasteiger partial charge in [-0.25, -0.2) is 0 Å². The fourth-order valence-electron chi connectivity index (χ4n) is 3.03. The highest BCUT2D eigenvalue weighted by molar-refractivity contribution is 9.10. The molecular formula is C17H27BrN2. The number of halogens is 1. The molecule has 1 aliphatic heterocycles. The molecule has 0 spiro atoms. The van der Waals surface area contributed by atoms with E-state index in [1.807, 2.05) is 0 Å². The molecule has 20 heavy (non-hydrogen) atoms. The third kappa shape index (κ3) is 4.57. The molecule has 0 saturated carbocycles. The maximum atomic E-state index is 3.64. The predicted molar refractivity (Wildman–Crippen MR) is 90.1 cm³/mol. The van der Waals surface area contributed by atoms with Crippen LogP contribution in [-0.4, -0.2) is 30.6 Å². The van der Waals surface area contributed by atoms with Crippen LogP contribution in [0.2, 0.25) is 0 Å². The zero-order valence-electron chi connectivity index (χ0n) is 12.7. The lowest BCUT2D eigenvalue weighted by molar-refractivity contribution is 0.158. The van der Waals surface area contributed by atoms with Crippen LogP contribution >= 0.6 is 15.9 Å². The average molecular weight is 339 g/mol. The van der Waals surface area contributed by atoms with E-state index in [2.05, 4.69) is 64.3 Å². The van der Waals surface area contributed by atoms with Crippen molar-refractivity contribution in [2.45, 2.75) is 51.6 Å². The van der Waals surface area contributed by atoms with E-state index in [-0.39, 0.29) is 0 Å². The van der Waals surface area contributed by atoms with Gasteiger partial charge in [0, 0.05) is 16.6 Å². The van der Waals surface area contributed by atoms with E-state index in [0.29, 0.717) is 6.04 Å². The largest absolute Gasteiger partial charge is 0.310 e. The molecule has 1 saturated heterocycles. The van der Waals surface area contributed by atoms with Gasteiger partial charge in [-0.2, -0.15) is 0 Å². The molecule has 0 amide bonds. The fraction of sp³-hybridized carbons (Fsp3) is 0.647. The van der Waals surface area contributed by atoms with E-state index in [0.717, 1.165) is 12.6 Å². The van der Waals surface area contributed by atoms with E-state index in [9.17, 15) is 0 Å². The van der Waals surface area contributed by atoms with Crippen molar-refractivity contribution in [2.24, 2.45) is 0 Å². The van der Waals surface area contributed by atoms with Crippen molar-refractivity contribution in [3.05, 3.63) is 34.3 Å². The first-order chi connectivity index (χ1) is 9.68. The average Bonchev–Trinajstić information content (AvgIpc) is 2.45. The Morgan fingerprint density at radius 3 is 2.90 bits per heavy atom. The molecule has 2 nitrogen and oxygen atoms in total. The maximum Gasteiger partial charge on any atom is 0.0302 e. The van der Waals surface area contributed by atoms with Crippen molar-refractivity contribution in [2.75, 3.05) is 19.6 Å². The minimum absolute atomic E-state index is 0.407. The number of nitrogens with zero attached hydrogens (tertiary/aromatic N) is 1. The second-order valence-electron chi connectivity index (χ2n) is 5.93. The first-order valence-corrected chi connectivity index (χ1v) is 8.69. The summed E-state index contributed by atoms with van der Waals surface area (Å²) >= 11 is 3.63. The molecule has 1 aromatic rings. The molecular weight excluding hydrogens is 312 g/mol. The second-order valence-corrected chi connectivity index (χ2v) is 6.79. The van der Waals surface area contributed by atoms with Gasteiger partial charge >= 0.3 is 0 Å². The van der Waals surface area contributed by atoms with Crippen molar-refractivity contribution >= 4 is 15.9 Å². The highest BCUT2D eigenvalue weighted by atomic mass is 79.9. The van der Waals surface area contributed by atoms with Crippen LogP contribution in [0.5, 0.6) is 0 Å². The zero-order valence-corrected chi connectivity index (χ0v) is 14.3. The predicted octanol–water partition coefficient (Wildman–Crippen LogP) is 4.36. The lowest BCUT2D eigenvalue weighted by atomic mass is 10.0. The molecule has 0 bridgehead atoms. The van der Waals surface area contributed by atoms with Gasteiger partial charge in [0.15, 0.2) is 0 Å². The van der Waals surface area contributed by atoms with Crippen LogP contribution in [-0.2, 0) is 0 Å². The Hall–Kier alpha value is -0.380. The highest BCUT2D eigenvalue weighted by Crippen LogP contribution is 2.22. The third-order valence-corrected chi connectivity index (χ3v) is 5.11. The van der Waals surface area contributed by atoms with E-state index in [1.54, 1.807) is 0 Å². The number of likely N-dealkylation sites (tertiary alicyclic amines) is 1. The number of piperidine rings is 1. The molecule has 1 aromatic carbocycles. The number of benzene rings is 1. The van der Waals surface area contributed by atoms with Gasteiger partial charge in [0.1, 0.15) is 0 Å². The van der Waals surface area contributed by atoms with Crippen LogP contribution in [0.1, 0.15) is 51.1 Å². The molecule has 2 unspecified atom stereocenters. The normalized spacial score (nSPS) is 21.9. The summed E-state index contributed by atoms with van der Waals surface area (Å²) in [6, 6.07) is 9.66. The molecule has 1 N–H and O–H groups in total. The molecule has 0 aromatic heterocycles.